The van der Waals surface area contributed by atoms with Crippen molar-refractivity contribution in [2.45, 2.75) is 46.1 Å². The molecule has 1 amide bonds. The summed E-state index contributed by atoms with van der Waals surface area (Å²) in [6, 6.07) is 0. The number of aliphatic hydroxyl groups excluding tert-OH is 1. The van der Waals surface area contributed by atoms with Gasteiger partial charge in [0.05, 0.1) is 0 Å². The number of aliphatic hydroxyl groups is 1. The second-order valence-electron chi connectivity index (χ2n) is 4.72. The Hall–Kier alpha value is -0.770. The first-order valence-electron chi connectivity index (χ1n) is 5.46. The highest BCUT2D eigenvalue weighted by Crippen LogP contribution is 2.07. The molecule has 0 saturated carbocycles. The maximum Gasteiger partial charge on any atom is 0.407 e. The molecule has 0 saturated heterocycles. The summed E-state index contributed by atoms with van der Waals surface area (Å²) in [4.78, 5) is 11.3. The number of nitrogens with one attached hydrogen (secondary N) is 1. The summed E-state index contributed by atoms with van der Waals surface area (Å²) in [6.45, 7) is 8.09. The van der Waals surface area contributed by atoms with Crippen molar-refractivity contribution in [3.63, 3.8) is 0 Å². The van der Waals surface area contributed by atoms with Crippen LogP contribution >= 0.6 is 0 Å². The van der Waals surface area contributed by atoms with Crippen LogP contribution in [0.1, 0.15) is 40.5 Å². The lowest BCUT2D eigenvalue weighted by Gasteiger charge is -2.21. The molecule has 15 heavy (non-hydrogen) atoms. The maximum atomic E-state index is 11.3. The van der Waals surface area contributed by atoms with Crippen molar-refractivity contribution >= 4 is 6.09 Å². The SMILES string of the molecule is CCCC(CO)CNC(=O)OC(C)(C)C. The number of hydrogen-bond acceptors (Lipinski definition) is 3. The van der Waals surface area contributed by atoms with E-state index in [4.69, 9.17) is 9.84 Å². The van der Waals surface area contributed by atoms with Crippen LogP contribution in [-0.2, 0) is 4.74 Å². The number of alkyl carbamates (subject to hydrolysis) is 1. The standard InChI is InChI=1S/C11H23NO3/c1-5-6-9(8-13)7-12-10(14)15-11(2,3)4/h9,13H,5-8H2,1-4H3,(H,12,14). The Morgan fingerprint density at radius 2 is 2.07 bits per heavy atom. The molecule has 0 heterocycles. The van der Waals surface area contributed by atoms with Crippen LogP contribution in [0.25, 0.3) is 0 Å². The fourth-order valence-electron chi connectivity index (χ4n) is 1.21. The van der Waals surface area contributed by atoms with Gasteiger partial charge in [0.15, 0.2) is 0 Å². The minimum atomic E-state index is -0.469. The molecule has 4 nitrogen and oxygen atoms in total. The van der Waals surface area contributed by atoms with E-state index in [1.54, 1.807) is 0 Å². The summed E-state index contributed by atoms with van der Waals surface area (Å²) in [7, 11) is 0. The predicted molar refractivity (Wildman–Crippen MR) is 59.7 cm³/mol. The molecule has 90 valence electrons. The van der Waals surface area contributed by atoms with E-state index in [1.165, 1.54) is 0 Å². The van der Waals surface area contributed by atoms with Gasteiger partial charge >= 0.3 is 6.09 Å². The molecule has 1 atom stereocenters. The van der Waals surface area contributed by atoms with Crippen molar-refractivity contribution in [3.8, 4) is 0 Å². The van der Waals surface area contributed by atoms with Gasteiger partial charge < -0.3 is 15.2 Å². The Kier molecular flexibility index (Phi) is 6.32. The molecule has 4 heteroatoms. The molecule has 1 unspecified atom stereocenters. The van der Waals surface area contributed by atoms with Crippen molar-refractivity contribution in [1.82, 2.24) is 5.32 Å². The van der Waals surface area contributed by atoms with E-state index in [9.17, 15) is 4.79 Å². The third-order valence-corrected chi connectivity index (χ3v) is 1.89. The summed E-state index contributed by atoms with van der Waals surface area (Å²) in [5.74, 6) is 0.127. The number of hydrogen-bond donors (Lipinski definition) is 2. The van der Waals surface area contributed by atoms with E-state index >= 15 is 0 Å². The Balaban J connectivity index is 3.78. The summed E-state index contributed by atoms with van der Waals surface area (Å²) < 4.78 is 5.08. The second kappa shape index (κ2) is 6.67. The van der Waals surface area contributed by atoms with Crippen LogP contribution in [0, 0.1) is 5.92 Å². The average molecular weight is 217 g/mol. The molecule has 0 aliphatic rings. The summed E-state index contributed by atoms with van der Waals surface area (Å²) in [6.07, 6.45) is 1.49. The zero-order valence-corrected chi connectivity index (χ0v) is 10.2. The molecule has 2 N–H and O–H groups in total. The van der Waals surface area contributed by atoms with Crippen LogP contribution in [0.4, 0.5) is 4.79 Å². The predicted octanol–water partition coefficient (Wildman–Crippen LogP) is 1.92. The van der Waals surface area contributed by atoms with E-state index in [1.807, 2.05) is 20.8 Å². The zero-order valence-electron chi connectivity index (χ0n) is 10.2. The third-order valence-electron chi connectivity index (χ3n) is 1.89. The van der Waals surface area contributed by atoms with Crippen molar-refractivity contribution in [2.24, 2.45) is 5.92 Å². The first-order valence-corrected chi connectivity index (χ1v) is 5.46. The Labute approximate surface area is 92.0 Å². The minimum Gasteiger partial charge on any atom is -0.444 e. The molecule has 0 rings (SSSR count). The fourth-order valence-corrected chi connectivity index (χ4v) is 1.21. The fraction of sp³-hybridized carbons (Fsp3) is 0.909. The quantitative estimate of drug-likeness (QED) is 0.739. The molecule has 0 aromatic rings. The van der Waals surface area contributed by atoms with Crippen LogP contribution < -0.4 is 5.32 Å². The molecule has 0 spiro atoms. The molecular weight excluding hydrogens is 194 g/mol. The molecule has 0 fully saturated rings. The topological polar surface area (TPSA) is 58.6 Å². The monoisotopic (exact) mass is 217 g/mol. The zero-order chi connectivity index (χ0) is 11.9. The van der Waals surface area contributed by atoms with Crippen LogP contribution in [-0.4, -0.2) is 30.0 Å². The van der Waals surface area contributed by atoms with E-state index < -0.39 is 11.7 Å². The highest BCUT2D eigenvalue weighted by molar-refractivity contribution is 5.67. The van der Waals surface area contributed by atoms with E-state index in [2.05, 4.69) is 12.2 Å². The first kappa shape index (κ1) is 14.2. The average Bonchev–Trinajstić information content (AvgIpc) is 2.09. The van der Waals surface area contributed by atoms with E-state index in [0.717, 1.165) is 12.8 Å². The van der Waals surface area contributed by atoms with Gasteiger partial charge in [-0.1, -0.05) is 13.3 Å². The molecule has 0 aromatic heterocycles. The smallest absolute Gasteiger partial charge is 0.407 e. The highest BCUT2D eigenvalue weighted by Gasteiger charge is 2.16. The van der Waals surface area contributed by atoms with Gasteiger partial charge in [-0.2, -0.15) is 0 Å². The molecule has 0 aliphatic heterocycles. The Morgan fingerprint density at radius 3 is 2.47 bits per heavy atom. The van der Waals surface area contributed by atoms with Gasteiger partial charge in [0.1, 0.15) is 5.60 Å². The van der Waals surface area contributed by atoms with Crippen LogP contribution in [0.2, 0.25) is 0 Å². The lowest BCUT2D eigenvalue weighted by molar-refractivity contribution is 0.0511. The van der Waals surface area contributed by atoms with E-state index in [0.29, 0.717) is 6.54 Å². The largest absolute Gasteiger partial charge is 0.444 e. The van der Waals surface area contributed by atoms with E-state index in [-0.39, 0.29) is 12.5 Å². The Bertz CT molecular complexity index is 187. The summed E-state index contributed by atoms with van der Waals surface area (Å²) in [5, 5.41) is 11.7. The van der Waals surface area contributed by atoms with Gasteiger partial charge in [0.2, 0.25) is 0 Å². The van der Waals surface area contributed by atoms with Gasteiger partial charge in [-0.3, -0.25) is 0 Å². The second-order valence-corrected chi connectivity index (χ2v) is 4.72. The van der Waals surface area contributed by atoms with Crippen molar-refractivity contribution in [3.05, 3.63) is 0 Å². The lowest BCUT2D eigenvalue weighted by atomic mass is 10.1. The third kappa shape index (κ3) is 8.24. The van der Waals surface area contributed by atoms with Gasteiger partial charge in [-0.25, -0.2) is 4.79 Å². The Morgan fingerprint density at radius 1 is 1.47 bits per heavy atom. The summed E-state index contributed by atoms with van der Waals surface area (Å²) >= 11 is 0. The number of carbonyl (C=O) groups excluding carboxylic acids is 1. The van der Waals surface area contributed by atoms with Crippen LogP contribution in [0.5, 0.6) is 0 Å². The highest BCUT2D eigenvalue weighted by atomic mass is 16.6. The number of rotatable bonds is 5. The summed E-state index contributed by atoms with van der Waals surface area (Å²) in [5.41, 5.74) is -0.469. The van der Waals surface area contributed by atoms with Gasteiger partial charge in [-0.05, 0) is 33.1 Å². The van der Waals surface area contributed by atoms with Crippen LogP contribution in [0.15, 0.2) is 0 Å². The van der Waals surface area contributed by atoms with Gasteiger partial charge in [0, 0.05) is 13.2 Å². The van der Waals surface area contributed by atoms with Crippen molar-refractivity contribution in [2.75, 3.05) is 13.2 Å². The van der Waals surface area contributed by atoms with Crippen molar-refractivity contribution in [1.29, 1.82) is 0 Å². The lowest BCUT2D eigenvalue weighted by Crippen LogP contribution is -2.36. The van der Waals surface area contributed by atoms with Gasteiger partial charge in [0.25, 0.3) is 0 Å². The number of amides is 1. The number of ether oxygens (including phenoxy) is 1. The maximum absolute atomic E-state index is 11.3. The minimum absolute atomic E-state index is 0.101. The first-order chi connectivity index (χ1) is 6.89. The number of carbonyl (C=O) groups is 1. The van der Waals surface area contributed by atoms with Crippen LogP contribution in [0.3, 0.4) is 0 Å². The molecule has 0 bridgehead atoms. The van der Waals surface area contributed by atoms with Gasteiger partial charge in [-0.15, -0.1) is 0 Å². The molecule has 0 radical (unpaired) electrons. The normalized spacial score (nSPS) is 13.4. The molecule has 0 aromatic carbocycles. The molecule has 0 aliphatic carbocycles. The van der Waals surface area contributed by atoms with Crippen molar-refractivity contribution < 1.29 is 14.6 Å². The molecular formula is C11H23NO3.